The Morgan fingerprint density at radius 1 is 0.844 bits per heavy atom. The maximum absolute atomic E-state index is 13.9. The van der Waals surface area contributed by atoms with Gasteiger partial charge >= 0.3 is 0 Å². The molecule has 1 saturated carbocycles. The van der Waals surface area contributed by atoms with Gasteiger partial charge < -0.3 is 28.7 Å². The summed E-state index contributed by atoms with van der Waals surface area (Å²) < 4.78 is 24.1. The van der Waals surface area contributed by atoms with Crippen LogP contribution in [0.25, 0.3) is 28.0 Å². The van der Waals surface area contributed by atoms with Gasteiger partial charge in [0, 0.05) is 79.4 Å². The summed E-state index contributed by atoms with van der Waals surface area (Å²) in [6, 6.07) is 18.4. The molecular formula is C54H70N4O6. The minimum Gasteiger partial charge on any atom is -0.491 e. The summed E-state index contributed by atoms with van der Waals surface area (Å²) >= 11 is 0. The number of likely N-dealkylation sites (tertiary alicyclic amines) is 1. The monoisotopic (exact) mass is 871 g/mol. The number of benzene rings is 2. The highest BCUT2D eigenvalue weighted by Gasteiger charge is 2.41. The molecule has 1 amide bonds. The van der Waals surface area contributed by atoms with E-state index in [2.05, 4.69) is 79.0 Å². The summed E-state index contributed by atoms with van der Waals surface area (Å²) in [5, 5.41) is 0. The molecule has 7 rings (SSSR count). The number of nitrogens with zero attached hydrogens (tertiary/aromatic N) is 4. The SMILES string of the molecule is CC.CC/C=C(/C)C(CCC(=O)CC)N1C(=O)c2ccc(OCCOCCOCCN3CCC(Oc4ccc(-c5ccc(-c6cnccc6C)c(CC)c5)cn4)CC3)cc2C1=C1CC1. The van der Waals surface area contributed by atoms with Gasteiger partial charge in [0.25, 0.3) is 5.91 Å². The number of Topliss-reactive ketones (excluding diaryl/α,β-unsaturated/α-hetero) is 1. The van der Waals surface area contributed by atoms with Gasteiger partial charge in [0.15, 0.2) is 0 Å². The Balaban J connectivity index is 0.00000335. The molecule has 10 heteroatoms. The standard InChI is InChI=1S/C52H64N4O6.C2H6/c1-6-9-37(5)49(18-14-42(57)8-3)56-51(39-10-11-39)47-33-44(15-17-46(47)52(56)58)61-31-30-60-29-28-59-27-26-55-24-21-43(22-25-55)62-50-19-13-41(34-54-50)40-12-16-45(38(7-2)32-40)48-35-53-23-20-36(48)4;1-2/h9,12-13,15-17,19-20,23,32-35,43,49H,6-8,10-11,14,18,21-22,24-31H2,1-5H3;1-2H3/b37-9-;. The third-order valence-corrected chi connectivity index (χ3v) is 12.4. The van der Waals surface area contributed by atoms with E-state index in [1.165, 1.54) is 27.8 Å². The van der Waals surface area contributed by atoms with Crippen LogP contribution < -0.4 is 9.47 Å². The number of hydrogen-bond acceptors (Lipinski definition) is 9. The number of piperidine rings is 1. The molecule has 2 aliphatic heterocycles. The van der Waals surface area contributed by atoms with Crippen molar-refractivity contribution in [3.05, 3.63) is 113 Å². The van der Waals surface area contributed by atoms with Crippen LogP contribution in [0.3, 0.4) is 0 Å². The second kappa shape index (κ2) is 24.2. The van der Waals surface area contributed by atoms with Crippen molar-refractivity contribution in [3.63, 3.8) is 0 Å². The van der Waals surface area contributed by atoms with Gasteiger partial charge in [-0.05, 0) is 117 Å². The second-order valence-electron chi connectivity index (χ2n) is 16.7. The fourth-order valence-electron chi connectivity index (χ4n) is 8.66. The number of aryl methyl sites for hydroxylation is 2. The van der Waals surface area contributed by atoms with Gasteiger partial charge in [-0.15, -0.1) is 0 Å². The number of amides is 1. The van der Waals surface area contributed by atoms with Crippen LogP contribution in [-0.4, -0.2) is 96.3 Å². The predicted molar refractivity (Wildman–Crippen MR) is 257 cm³/mol. The highest BCUT2D eigenvalue weighted by Crippen LogP contribution is 2.47. The van der Waals surface area contributed by atoms with Gasteiger partial charge in [-0.25, -0.2) is 4.98 Å². The normalized spacial score (nSPS) is 15.8. The van der Waals surface area contributed by atoms with E-state index in [0.29, 0.717) is 63.7 Å². The van der Waals surface area contributed by atoms with Crippen LogP contribution in [-0.2, 0) is 20.7 Å². The molecule has 3 aliphatic rings. The van der Waals surface area contributed by atoms with Gasteiger partial charge in [-0.1, -0.05) is 64.5 Å². The topological polar surface area (TPSA) is 103 Å². The maximum Gasteiger partial charge on any atom is 0.259 e. The van der Waals surface area contributed by atoms with E-state index in [1.807, 2.05) is 68.5 Å². The molecule has 2 aromatic carbocycles. The maximum atomic E-state index is 13.9. The van der Waals surface area contributed by atoms with Crippen molar-refractivity contribution in [2.45, 2.75) is 118 Å². The van der Waals surface area contributed by atoms with Crippen molar-refractivity contribution in [3.8, 4) is 33.9 Å². The Morgan fingerprint density at radius 3 is 2.27 bits per heavy atom. The number of ether oxygens (including phenoxy) is 4. The molecule has 1 atom stereocenters. The Morgan fingerprint density at radius 2 is 1.58 bits per heavy atom. The van der Waals surface area contributed by atoms with Crippen LogP contribution >= 0.6 is 0 Å². The van der Waals surface area contributed by atoms with Crippen LogP contribution in [0.1, 0.15) is 120 Å². The molecule has 2 aromatic heterocycles. The quantitative estimate of drug-likeness (QED) is 0.0564. The smallest absolute Gasteiger partial charge is 0.259 e. The van der Waals surface area contributed by atoms with Gasteiger partial charge in [0.1, 0.15) is 24.2 Å². The number of carbonyl (C=O) groups is 2. The molecule has 0 N–H and O–H groups in total. The largest absolute Gasteiger partial charge is 0.491 e. The highest BCUT2D eigenvalue weighted by molar-refractivity contribution is 6.10. The van der Waals surface area contributed by atoms with Crippen LogP contribution in [0.5, 0.6) is 11.6 Å². The number of aromatic nitrogens is 2. The van der Waals surface area contributed by atoms with E-state index in [0.717, 1.165) is 91.9 Å². The summed E-state index contributed by atoms with van der Waals surface area (Å²) in [7, 11) is 0. The number of carbonyl (C=O) groups excluding carboxylic acids is 2. The van der Waals surface area contributed by atoms with Crippen molar-refractivity contribution >= 4 is 17.4 Å². The molecule has 2 fully saturated rings. The summed E-state index contributed by atoms with van der Waals surface area (Å²) in [4.78, 5) is 39.6. The van der Waals surface area contributed by atoms with Crippen molar-refractivity contribution in [1.82, 2.24) is 19.8 Å². The van der Waals surface area contributed by atoms with E-state index < -0.39 is 0 Å². The van der Waals surface area contributed by atoms with Crippen LogP contribution in [0.15, 0.2) is 90.4 Å². The first-order chi connectivity index (χ1) is 31.3. The first kappa shape index (κ1) is 48.3. The summed E-state index contributed by atoms with van der Waals surface area (Å²) in [5.74, 6) is 1.63. The number of fused-ring (bicyclic) bond motifs is 1. The molecule has 10 nitrogen and oxygen atoms in total. The summed E-state index contributed by atoms with van der Waals surface area (Å²) in [6.07, 6.45) is 15.4. The minimum absolute atomic E-state index is 0.0109. The lowest BCUT2D eigenvalue weighted by molar-refractivity contribution is -0.119. The number of pyridine rings is 2. The lowest BCUT2D eigenvalue weighted by Gasteiger charge is -2.31. The molecule has 1 unspecified atom stereocenters. The lowest BCUT2D eigenvalue weighted by atomic mass is 9.93. The lowest BCUT2D eigenvalue weighted by Crippen LogP contribution is -2.40. The third-order valence-electron chi connectivity index (χ3n) is 12.4. The van der Waals surface area contributed by atoms with E-state index in [-0.39, 0.29) is 23.8 Å². The number of rotatable bonds is 22. The average molecular weight is 871 g/mol. The van der Waals surface area contributed by atoms with Crippen molar-refractivity contribution < 1.29 is 28.5 Å². The molecule has 1 aliphatic carbocycles. The first-order valence-electron chi connectivity index (χ1n) is 23.8. The molecule has 0 spiro atoms. The van der Waals surface area contributed by atoms with Crippen LogP contribution in [0.4, 0.5) is 0 Å². The van der Waals surface area contributed by atoms with Gasteiger partial charge in [0.2, 0.25) is 5.88 Å². The van der Waals surface area contributed by atoms with Crippen molar-refractivity contribution in [2.24, 2.45) is 0 Å². The van der Waals surface area contributed by atoms with Crippen molar-refractivity contribution in [1.29, 1.82) is 0 Å². The predicted octanol–water partition coefficient (Wildman–Crippen LogP) is 11.1. The molecular weight excluding hydrogens is 801 g/mol. The number of ketones is 1. The fourth-order valence-corrected chi connectivity index (χ4v) is 8.66. The average Bonchev–Trinajstić information content (AvgIpc) is 4.13. The zero-order valence-electron chi connectivity index (χ0n) is 39.4. The Labute approximate surface area is 382 Å². The van der Waals surface area contributed by atoms with E-state index in [4.69, 9.17) is 18.9 Å². The van der Waals surface area contributed by atoms with Gasteiger partial charge in [-0.3, -0.25) is 14.6 Å². The highest BCUT2D eigenvalue weighted by atomic mass is 16.5. The number of allylic oxidation sites excluding steroid dienone is 2. The van der Waals surface area contributed by atoms with E-state index in [9.17, 15) is 9.59 Å². The number of hydrogen-bond donors (Lipinski definition) is 0. The molecule has 0 radical (unpaired) electrons. The summed E-state index contributed by atoms with van der Waals surface area (Å²) in [6.45, 7) is 19.8. The molecule has 1 saturated heterocycles. The molecule has 0 bridgehead atoms. The Kier molecular flexibility index (Phi) is 18.3. The first-order valence-corrected chi connectivity index (χ1v) is 23.8. The van der Waals surface area contributed by atoms with E-state index in [1.54, 1.807) is 0 Å². The molecule has 4 aromatic rings. The van der Waals surface area contributed by atoms with E-state index >= 15 is 0 Å². The minimum atomic E-state index is -0.137. The Hall–Kier alpha value is -5.16. The fraction of sp³-hybridized carbons (Fsp3) is 0.481. The third kappa shape index (κ3) is 12.5. The summed E-state index contributed by atoms with van der Waals surface area (Å²) in [5.41, 5.74) is 12.3. The zero-order chi connectivity index (χ0) is 45.4. The van der Waals surface area contributed by atoms with Gasteiger partial charge in [-0.2, -0.15) is 0 Å². The van der Waals surface area contributed by atoms with Gasteiger partial charge in [0.05, 0.1) is 38.2 Å². The molecule has 342 valence electrons. The van der Waals surface area contributed by atoms with Crippen LogP contribution in [0, 0.1) is 6.92 Å². The van der Waals surface area contributed by atoms with Crippen molar-refractivity contribution in [2.75, 3.05) is 52.7 Å². The van der Waals surface area contributed by atoms with Crippen LogP contribution in [0.2, 0.25) is 0 Å². The molecule has 4 heterocycles. The second-order valence-corrected chi connectivity index (χ2v) is 16.7. The molecule has 64 heavy (non-hydrogen) atoms. The zero-order valence-corrected chi connectivity index (χ0v) is 39.4. The Bertz CT molecular complexity index is 2220.